The molecule has 17 nitrogen and oxygen atoms in total. The van der Waals surface area contributed by atoms with Crippen LogP contribution in [-0.2, 0) is 65.4 Å². The first kappa shape index (κ1) is 85.1. The molecule has 3 N–H and O–H groups in total. The third kappa shape index (κ3) is 62.6. The maximum Gasteiger partial charge on any atom is 0.472 e. The summed E-state index contributed by atoms with van der Waals surface area (Å²) >= 11 is 0. The van der Waals surface area contributed by atoms with E-state index >= 15 is 0 Å². The maximum atomic E-state index is 13.0. The first-order chi connectivity index (χ1) is 41.7. The fourth-order valence-electron chi connectivity index (χ4n) is 10.2. The van der Waals surface area contributed by atoms with Gasteiger partial charge < -0.3 is 33.8 Å². The van der Waals surface area contributed by atoms with Gasteiger partial charge in [-0.25, -0.2) is 9.13 Å². The van der Waals surface area contributed by atoms with Gasteiger partial charge in [-0.1, -0.05) is 286 Å². The van der Waals surface area contributed by atoms with Gasteiger partial charge in [0.05, 0.1) is 26.4 Å². The average molecular weight is 1280 g/mol. The Morgan fingerprint density at radius 3 is 0.782 bits per heavy atom. The Morgan fingerprint density at radius 1 is 0.310 bits per heavy atom. The molecule has 0 rings (SSSR count). The highest BCUT2D eigenvalue weighted by molar-refractivity contribution is 7.47. The molecule has 0 heterocycles. The summed E-state index contributed by atoms with van der Waals surface area (Å²) in [6.45, 7) is 11.7. The molecule has 0 aliphatic carbocycles. The van der Waals surface area contributed by atoms with E-state index in [0.717, 1.165) is 114 Å². The lowest BCUT2D eigenvalue weighted by Crippen LogP contribution is -2.30. The number of esters is 4. The summed E-state index contributed by atoms with van der Waals surface area (Å²) in [4.78, 5) is 72.2. The van der Waals surface area contributed by atoms with Crippen LogP contribution in [0.2, 0.25) is 0 Å². The molecule has 0 aromatic heterocycles. The van der Waals surface area contributed by atoms with Gasteiger partial charge in [0.1, 0.15) is 19.3 Å². The van der Waals surface area contributed by atoms with E-state index in [1.165, 1.54) is 141 Å². The number of carbonyl (C=O) groups is 4. The molecule has 0 saturated carbocycles. The SMILES string of the molecule is CCCCCCCC(=O)OC[C@H](COP(=O)(O)OC[C@H](O)COP(=O)(O)OC[C@@H](COC(=O)CCCCCCCCCCCCCCC(C)C)OC(=O)CCCCCCCCCCCCCCCC(C)C)OC(=O)CCCCCCCCCCC(C)C. The fraction of sp³-hybridized carbons (Fsp3) is 0.941. The zero-order valence-electron chi connectivity index (χ0n) is 56.5. The fourth-order valence-corrected chi connectivity index (χ4v) is 11.8. The summed E-state index contributed by atoms with van der Waals surface area (Å²) in [6.07, 6.45) is 42.1. The van der Waals surface area contributed by atoms with Crippen LogP contribution in [-0.4, -0.2) is 96.7 Å². The van der Waals surface area contributed by atoms with E-state index in [4.69, 9.17) is 37.0 Å². The second-order valence-electron chi connectivity index (χ2n) is 26.0. The number of aliphatic hydroxyl groups excluding tert-OH is 1. The van der Waals surface area contributed by atoms with Crippen LogP contribution in [0.15, 0.2) is 0 Å². The molecule has 0 fully saturated rings. The highest BCUT2D eigenvalue weighted by atomic mass is 31.2. The first-order valence-corrected chi connectivity index (χ1v) is 38.3. The molecule has 516 valence electrons. The van der Waals surface area contributed by atoms with E-state index in [-0.39, 0.29) is 25.7 Å². The number of hydrogen-bond acceptors (Lipinski definition) is 15. The normalized spacial score (nSPS) is 14.3. The number of rotatable bonds is 66. The molecule has 5 atom stereocenters. The van der Waals surface area contributed by atoms with Crippen molar-refractivity contribution in [3.05, 3.63) is 0 Å². The highest BCUT2D eigenvalue weighted by Crippen LogP contribution is 2.45. The minimum Gasteiger partial charge on any atom is -0.462 e. The van der Waals surface area contributed by atoms with Crippen molar-refractivity contribution in [2.75, 3.05) is 39.6 Å². The van der Waals surface area contributed by atoms with Crippen molar-refractivity contribution < 1.29 is 80.2 Å². The van der Waals surface area contributed by atoms with Gasteiger partial charge in [-0.05, 0) is 43.4 Å². The highest BCUT2D eigenvalue weighted by Gasteiger charge is 2.30. The monoisotopic (exact) mass is 1280 g/mol. The van der Waals surface area contributed by atoms with Crippen LogP contribution >= 0.6 is 15.6 Å². The minimum absolute atomic E-state index is 0.103. The van der Waals surface area contributed by atoms with E-state index < -0.39 is 97.5 Å². The summed E-state index contributed by atoms with van der Waals surface area (Å²) in [7, 11) is -9.89. The van der Waals surface area contributed by atoms with E-state index in [0.29, 0.717) is 25.7 Å². The van der Waals surface area contributed by atoms with Crippen molar-refractivity contribution in [2.24, 2.45) is 17.8 Å². The number of carbonyl (C=O) groups excluding carboxylic acids is 4. The van der Waals surface area contributed by atoms with Crippen molar-refractivity contribution in [1.82, 2.24) is 0 Å². The van der Waals surface area contributed by atoms with E-state index in [1.807, 2.05) is 0 Å². The third-order valence-corrected chi connectivity index (χ3v) is 17.5. The molecular weight excluding hydrogens is 1150 g/mol. The molecule has 0 aliphatic rings. The van der Waals surface area contributed by atoms with E-state index in [1.54, 1.807) is 0 Å². The van der Waals surface area contributed by atoms with Gasteiger partial charge in [0.25, 0.3) is 0 Å². The van der Waals surface area contributed by atoms with E-state index in [2.05, 4.69) is 48.5 Å². The number of aliphatic hydroxyl groups is 1. The minimum atomic E-state index is -4.95. The van der Waals surface area contributed by atoms with Gasteiger partial charge in [0.2, 0.25) is 0 Å². The van der Waals surface area contributed by atoms with Crippen LogP contribution in [0.4, 0.5) is 0 Å². The predicted molar refractivity (Wildman–Crippen MR) is 349 cm³/mol. The second kappa shape index (κ2) is 59.1. The number of hydrogen-bond donors (Lipinski definition) is 3. The second-order valence-corrected chi connectivity index (χ2v) is 28.9. The zero-order chi connectivity index (χ0) is 64.5. The molecule has 0 radical (unpaired) electrons. The molecule has 2 unspecified atom stereocenters. The molecule has 0 aromatic rings. The largest absolute Gasteiger partial charge is 0.472 e. The molecule has 0 saturated heterocycles. The van der Waals surface area contributed by atoms with Crippen LogP contribution in [0, 0.1) is 17.8 Å². The summed E-state index contributed by atoms with van der Waals surface area (Å²) in [6, 6.07) is 0. The molecule has 0 bridgehead atoms. The van der Waals surface area contributed by atoms with Gasteiger partial charge in [0.15, 0.2) is 12.2 Å². The van der Waals surface area contributed by atoms with Crippen LogP contribution in [0.25, 0.3) is 0 Å². The third-order valence-electron chi connectivity index (χ3n) is 15.6. The Labute approximate surface area is 530 Å². The summed E-state index contributed by atoms with van der Waals surface area (Å²) in [5, 5.41) is 10.5. The number of ether oxygens (including phenoxy) is 4. The first-order valence-electron chi connectivity index (χ1n) is 35.3. The lowest BCUT2D eigenvalue weighted by molar-refractivity contribution is -0.161. The van der Waals surface area contributed by atoms with Crippen LogP contribution < -0.4 is 0 Å². The molecule has 19 heteroatoms. The van der Waals surface area contributed by atoms with Crippen LogP contribution in [0.3, 0.4) is 0 Å². The zero-order valence-corrected chi connectivity index (χ0v) is 58.3. The number of unbranched alkanes of at least 4 members (excludes halogenated alkanes) is 34. The van der Waals surface area contributed by atoms with Crippen molar-refractivity contribution in [2.45, 2.75) is 356 Å². The Bertz CT molecular complexity index is 1720. The van der Waals surface area contributed by atoms with E-state index in [9.17, 15) is 43.2 Å². The average Bonchev–Trinajstić information content (AvgIpc) is 3.54. The smallest absolute Gasteiger partial charge is 0.462 e. The number of phosphoric ester groups is 2. The van der Waals surface area contributed by atoms with Crippen molar-refractivity contribution in [3.63, 3.8) is 0 Å². The van der Waals surface area contributed by atoms with Crippen molar-refractivity contribution >= 4 is 39.5 Å². The Kier molecular flexibility index (Phi) is 57.8. The lowest BCUT2D eigenvalue weighted by Gasteiger charge is -2.21. The summed E-state index contributed by atoms with van der Waals surface area (Å²) < 4.78 is 68.0. The Balaban J connectivity index is 5.17. The van der Waals surface area contributed by atoms with Crippen LogP contribution in [0.5, 0.6) is 0 Å². The Hall–Kier alpha value is -1.94. The topological polar surface area (TPSA) is 237 Å². The van der Waals surface area contributed by atoms with Gasteiger partial charge in [-0.15, -0.1) is 0 Å². The predicted octanol–water partition coefficient (Wildman–Crippen LogP) is 19.1. The Morgan fingerprint density at radius 2 is 0.529 bits per heavy atom. The van der Waals surface area contributed by atoms with Gasteiger partial charge >= 0.3 is 39.5 Å². The van der Waals surface area contributed by atoms with Crippen molar-refractivity contribution in [1.29, 1.82) is 0 Å². The van der Waals surface area contributed by atoms with Gasteiger partial charge in [-0.2, -0.15) is 0 Å². The molecule has 0 aliphatic heterocycles. The van der Waals surface area contributed by atoms with Crippen LogP contribution in [0.1, 0.15) is 337 Å². The van der Waals surface area contributed by atoms with Crippen molar-refractivity contribution in [3.8, 4) is 0 Å². The molecule has 0 aromatic carbocycles. The summed E-state index contributed by atoms with van der Waals surface area (Å²) in [5.74, 6) is 0.146. The van der Waals surface area contributed by atoms with Gasteiger partial charge in [0, 0.05) is 25.7 Å². The quantitative estimate of drug-likeness (QED) is 0.0222. The van der Waals surface area contributed by atoms with Gasteiger partial charge in [-0.3, -0.25) is 37.3 Å². The maximum absolute atomic E-state index is 13.0. The lowest BCUT2D eigenvalue weighted by atomic mass is 10.0. The molecule has 0 amide bonds. The standard InChI is InChI=1S/C68H132O17P2/c1-8-9-10-32-42-49-65(70)78-55-63(84-68(73)52-45-38-31-25-24-28-35-41-48-61(6)7)57-82-86(74,75)80-53-62(69)54-81-87(76,77)83-58-64(56-79-66(71)50-43-36-29-22-18-15-14-17-21-27-34-40-47-60(4)5)85-67(72)51-44-37-30-23-19-13-11-12-16-20-26-33-39-46-59(2)3/h59-64,69H,8-58H2,1-7H3,(H,74,75)(H,76,77)/t62-,63+,64+/m0/s1. The molecule has 0 spiro atoms. The summed E-state index contributed by atoms with van der Waals surface area (Å²) in [5.41, 5.74) is 0. The molecule has 87 heavy (non-hydrogen) atoms. The number of phosphoric acid groups is 2. The molecular formula is C68H132O17P2.